The van der Waals surface area contributed by atoms with Crippen molar-refractivity contribution in [2.45, 2.75) is 0 Å². The molecule has 0 aliphatic heterocycles. The van der Waals surface area contributed by atoms with Crippen LogP contribution in [0.3, 0.4) is 0 Å². The van der Waals surface area contributed by atoms with Crippen molar-refractivity contribution < 1.29 is 29.5 Å². The molecule has 0 aromatic rings. The molecule has 3 N–H and O–H groups in total. The van der Waals surface area contributed by atoms with Gasteiger partial charge >= 0.3 is 40.1 Å². The molecule has 0 unspecified atom stereocenters. The van der Waals surface area contributed by atoms with Crippen molar-refractivity contribution in [1.82, 2.24) is 0 Å². The summed E-state index contributed by atoms with van der Waals surface area (Å²) in [6.45, 7) is 0. The Bertz CT molecular complexity index is 344. The van der Waals surface area contributed by atoms with Crippen molar-refractivity contribution in [2.24, 2.45) is 0 Å². The van der Waals surface area contributed by atoms with Crippen molar-refractivity contribution in [3.63, 3.8) is 0 Å². The van der Waals surface area contributed by atoms with E-state index in [1.54, 1.807) is 0 Å². The minimum atomic E-state index is -4.64. The Morgan fingerprint density at radius 2 is 1.11 bits per heavy atom. The molecule has 0 saturated carbocycles. The second kappa shape index (κ2) is 6.61. The average molecular weight is 250 g/mol. The molecule has 0 atom stereocenters. The summed E-state index contributed by atoms with van der Waals surface area (Å²) in [6, 6.07) is 0. The summed E-state index contributed by atoms with van der Waals surface area (Å²) in [7, 11) is 6.11. The Morgan fingerprint density at radius 3 is 1.11 bits per heavy atom. The third-order valence-electron chi connectivity index (χ3n) is 0. The molecule has 0 saturated heterocycles. The van der Waals surface area contributed by atoms with Gasteiger partial charge in [-0.15, -0.1) is 0 Å². The number of rotatable bonds is 0. The first-order valence-electron chi connectivity index (χ1n) is 1.23. The van der Waals surface area contributed by atoms with Gasteiger partial charge in [0, 0.05) is 0 Å². The van der Waals surface area contributed by atoms with Gasteiger partial charge < -0.3 is 14.7 Å². The summed E-state index contributed by atoms with van der Waals surface area (Å²) in [5, 5.41) is 0. The summed E-state index contributed by atoms with van der Waals surface area (Å²) in [5.41, 5.74) is 0. The molecule has 0 radical (unpaired) electrons. The number of hydrogen-bond acceptors (Lipinski definition) is 1. The van der Waals surface area contributed by atoms with Gasteiger partial charge in [0.05, 0.1) is 0 Å². The van der Waals surface area contributed by atoms with Gasteiger partial charge in [0.1, 0.15) is 0 Å². The second-order valence-electron chi connectivity index (χ2n) is 0.713. The first-order valence-corrected chi connectivity index (χ1v) is 7.88. The zero-order valence-corrected chi connectivity index (χ0v) is 8.49. The topological polar surface area (TPSA) is 77.8 Å². The van der Waals surface area contributed by atoms with Gasteiger partial charge in [-0.1, -0.05) is 0 Å². The Balaban J connectivity index is 0. The molecule has 9 heavy (non-hydrogen) atoms. The van der Waals surface area contributed by atoms with Gasteiger partial charge in [-0.3, -0.25) is 0 Å². The van der Waals surface area contributed by atoms with Gasteiger partial charge in [0.25, 0.3) is 0 Å². The summed E-state index contributed by atoms with van der Waals surface area (Å²) in [5.74, 6) is 0. The van der Waals surface area contributed by atoms with Crippen LogP contribution in [0.15, 0.2) is 0 Å². The zero-order valence-electron chi connectivity index (χ0n) is 3.87. The predicted octanol–water partition coefficient (Wildman–Crippen LogP) is 1.65. The van der Waals surface area contributed by atoms with Crippen molar-refractivity contribution >= 4 is 29.8 Å². The van der Waals surface area contributed by atoms with Crippen LogP contribution in [-0.4, -0.2) is 14.7 Å². The molecule has 0 spiro atoms. The number of hydrogen-bond donors (Lipinski definition) is 3. The van der Waals surface area contributed by atoms with Crippen LogP contribution in [-0.2, 0) is 14.9 Å². The van der Waals surface area contributed by atoms with E-state index >= 15 is 0 Å². The fourth-order valence-corrected chi connectivity index (χ4v) is 0. The Labute approximate surface area is 59.7 Å². The van der Waals surface area contributed by atoms with Crippen molar-refractivity contribution in [1.29, 1.82) is 0 Å². The maximum atomic E-state index is 8.88. The minimum absolute atomic E-state index is 0.521. The first kappa shape index (κ1) is 13.5. The molecule has 56 valence electrons. The van der Waals surface area contributed by atoms with E-state index in [9.17, 15) is 0 Å². The molecule has 0 aliphatic carbocycles. The van der Waals surface area contributed by atoms with E-state index in [4.69, 9.17) is 19.2 Å². The third-order valence-corrected chi connectivity index (χ3v) is 0. The van der Waals surface area contributed by atoms with Crippen molar-refractivity contribution in [3.05, 3.63) is 0 Å². The molecule has 0 amide bonds. The molecule has 0 rings (SSSR count). The molecule has 0 heterocycles. The van der Waals surface area contributed by atoms with E-state index in [0.717, 1.165) is 0 Å². The summed E-state index contributed by atoms with van der Waals surface area (Å²) in [4.78, 5) is 21.6. The van der Waals surface area contributed by atoms with E-state index in [1.165, 1.54) is 0 Å². The molecule has 0 aromatic carbocycles. The van der Waals surface area contributed by atoms with E-state index in [2.05, 4.69) is 22.0 Å². The monoisotopic (exact) mass is 250 g/mol. The van der Waals surface area contributed by atoms with E-state index in [1.807, 2.05) is 0 Å². The maximum absolute atomic E-state index is 8.88. The van der Waals surface area contributed by atoms with E-state index < -0.39 is 18.1 Å². The van der Waals surface area contributed by atoms with Crippen LogP contribution in [0.4, 0.5) is 0 Å². The fraction of sp³-hybridized carbons (Fsp3) is 0. The first-order chi connectivity index (χ1) is 3.73. The molecule has 0 aromatic heterocycles. The van der Waals surface area contributed by atoms with Crippen LogP contribution in [0.2, 0.25) is 0 Å². The molecule has 9 heteroatoms. The van der Waals surface area contributed by atoms with Gasteiger partial charge in [0.15, 0.2) is 0 Å². The third kappa shape index (κ3) is 170. The molecular formula is H3CoO4P4. The SMILES string of the molecule is O=P(O)(O)O.[P]#[Co](#[P])#[P]. The van der Waals surface area contributed by atoms with Gasteiger partial charge in [-0.25, -0.2) is 4.57 Å². The number of phosphoric acid groups is 1. The summed E-state index contributed by atoms with van der Waals surface area (Å²) in [6.07, 6.45) is 0. The molecule has 4 nitrogen and oxygen atoms in total. The van der Waals surface area contributed by atoms with Gasteiger partial charge in [-0.2, -0.15) is 0 Å². The Hall–Kier alpha value is 1.91. The fourth-order valence-electron chi connectivity index (χ4n) is 0. The van der Waals surface area contributed by atoms with Crippen LogP contribution >= 0.6 is 29.8 Å². The van der Waals surface area contributed by atoms with Crippen LogP contribution in [0, 0.1) is 0 Å². The standard InChI is InChI=1S/Co.H3O4P.3P/c;1-5(2,3)4;;;/h;(H3,1,2,3,4);;;. The van der Waals surface area contributed by atoms with Crippen molar-refractivity contribution in [2.75, 3.05) is 0 Å². The molecule has 0 bridgehead atoms. The second-order valence-corrected chi connectivity index (χ2v) is 8.96. The van der Waals surface area contributed by atoms with Crippen LogP contribution < -0.4 is 0 Å². The normalized spacial score (nSPS) is 8.89. The molecule has 0 fully saturated rings. The summed E-state index contributed by atoms with van der Waals surface area (Å²) < 4.78 is 8.88. The Morgan fingerprint density at radius 1 is 1.11 bits per heavy atom. The van der Waals surface area contributed by atoms with Crippen LogP contribution in [0.25, 0.3) is 0 Å². The van der Waals surface area contributed by atoms with Crippen molar-refractivity contribution in [3.8, 4) is 0 Å². The van der Waals surface area contributed by atoms with Crippen LogP contribution in [0.5, 0.6) is 0 Å². The van der Waals surface area contributed by atoms with Crippen LogP contribution in [0.1, 0.15) is 0 Å². The van der Waals surface area contributed by atoms with Gasteiger partial charge in [0.2, 0.25) is 0 Å². The van der Waals surface area contributed by atoms with E-state index in [-0.39, 0.29) is 0 Å². The zero-order chi connectivity index (χ0) is 8.08. The average Bonchev–Trinajstić information content (AvgIpc) is 1.19. The van der Waals surface area contributed by atoms with Gasteiger partial charge in [-0.05, 0) is 0 Å². The summed E-state index contributed by atoms with van der Waals surface area (Å²) >= 11 is 0. The molecule has 0 aliphatic rings. The predicted molar refractivity (Wildman–Crippen MR) is 35.0 cm³/mol. The quantitative estimate of drug-likeness (QED) is 0.571. The van der Waals surface area contributed by atoms with E-state index in [0.29, 0.717) is 0 Å². The Kier molecular flexibility index (Phi) is 9.90. The molecular weight excluding hydrogens is 247 g/mol.